The van der Waals surface area contributed by atoms with Crippen LogP contribution in [0.5, 0.6) is 0 Å². The van der Waals surface area contributed by atoms with Crippen LogP contribution in [0.1, 0.15) is 31.4 Å². The van der Waals surface area contributed by atoms with Gasteiger partial charge in [-0.15, -0.1) is 0 Å². The third kappa shape index (κ3) is 3.79. The molecule has 0 N–H and O–H groups in total. The molecular weight excluding hydrogens is 332 g/mol. The molecule has 2 aromatic rings. The summed E-state index contributed by atoms with van der Waals surface area (Å²) in [6.45, 7) is 1.41. The number of nitrogens with zero attached hydrogens (tertiary/aromatic N) is 2. The Morgan fingerprint density at radius 2 is 1.81 bits per heavy atom. The number of amides is 1. The highest BCUT2D eigenvalue weighted by Gasteiger charge is 2.36. The van der Waals surface area contributed by atoms with E-state index in [1.54, 1.807) is 6.07 Å². The van der Waals surface area contributed by atoms with Crippen molar-refractivity contribution in [3.05, 3.63) is 42.1 Å². The van der Waals surface area contributed by atoms with Gasteiger partial charge in [-0.3, -0.25) is 9.59 Å². The Hall–Kier alpha value is -2.63. The van der Waals surface area contributed by atoms with Gasteiger partial charge in [-0.1, -0.05) is 35.5 Å². The van der Waals surface area contributed by atoms with Crippen molar-refractivity contribution in [2.24, 2.45) is 11.8 Å². The maximum Gasteiger partial charge on any atom is 0.309 e. The standard InChI is InChI=1S/C20H22N2O4/c23-19(15-6-7-15)22-10-8-16(9-11-22)20(24)25-13-17-12-18(26-21-17)14-4-2-1-3-5-14/h1-5,12,15-16H,6-11,13H2. The van der Waals surface area contributed by atoms with Gasteiger partial charge in [0.2, 0.25) is 5.91 Å². The fraction of sp³-hybridized carbons (Fsp3) is 0.450. The average Bonchev–Trinajstić information content (AvgIpc) is 3.44. The van der Waals surface area contributed by atoms with E-state index in [0.717, 1.165) is 18.4 Å². The lowest BCUT2D eigenvalue weighted by atomic mass is 9.96. The van der Waals surface area contributed by atoms with E-state index in [2.05, 4.69) is 5.16 Å². The molecule has 2 heterocycles. The molecule has 1 aromatic carbocycles. The van der Waals surface area contributed by atoms with Crippen molar-refractivity contribution in [1.29, 1.82) is 0 Å². The van der Waals surface area contributed by atoms with Crippen LogP contribution < -0.4 is 0 Å². The van der Waals surface area contributed by atoms with Crippen LogP contribution in [-0.2, 0) is 20.9 Å². The Morgan fingerprint density at radius 3 is 2.50 bits per heavy atom. The van der Waals surface area contributed by atoms with Crippen molar-refractivity contribution in [2.75, 3.05) is 13.1 Å². The van der Waals surface area contributed by atoms with E-state index < -0.39 is 0 Å². The van der Waals surface area contributed by atoms with Gasteiger partial charge in [0, 0.05) is 30.6 Å². The Kier molecular flexibility index (Phi) is 4.73. The smallest absolute Gasteiger partial charge is 0.309 e. The topological polar surface area (TPSA) is 72.6 Å². The molecule has 26 heavy (non-hydrogen) atoms. The van der Waals surface area contributed by atoms with Gasteiger partial charge in [0.25, 0.3) is 0 Å². The SMILES string of the molecule is O=C(OCc1cc(-c2ccccc2)on1)C1CCN(C(=O)C2CC2)CC1. The fourth-order valence-corrected chi connectivity index (χ4v) is 3.31. The molecule has 1 aliphatic heterocycles. The van der Waals surface area contributed by atoms with Gasteiger partial charge in [0.1, 0.15) is 12.3 Å². The molecule has 2 aliphatic rings. The number of ether oxygens (including phenoxy) is 1. The molecule has 1 saturated heterocycles. The van der Waals surface area contributed by atoms with Crippen LogP contribution >= 0.6 is 0 Å². The van der Waals surface area contributed by atoms with Crippen LogP contribution in [0.2, 0.25) is 0 Å². The van der Waals surface area contributed by atoms with E-state index in [1.807, 2.05) is 35.2 Å². The zero-order valence-corrected chi connectivity index (χ0v) is 14.6. The van der Waals surface area contributed by atoms with E-state index >= 15 is 0 Å². The van der Waals surface area contributed by atoms with Gasteiger partial charge in [-0.2, -0.15) is 0 Å². The van der Waals surface area contributed by atoms with Gasteiger partial charge < -0.3 is 14.2 Å². The first-order chi connectivity index (χ1) is 12.7. The highest BCUT2D eigenvalue weighted by molar-refractivity contribution is 5.81. The summed E-state index contributed by atoms with van der Waals surface area (Å²) in [6, 6.07) is 11.5. The summed E-state index contributed by atoms with van der Waals surface area (Å²) < 4.78 is 10.7. The molecule has 6 nitrogen and oxygen atoms in total. The lowest BCUT2D eigenvalue weighted by Crippen LogP contribution is -2.41. The Labute approximate surface area is 152 Å². The van der Waals surface area contributed by atoms with Crippen LogP contribution in [0.3, 0.4) is 0 Å². The van der Waals surface area contributed by atoms with Crippen molar-refractivity contribution < 1.29 is 18.8 Å². The summed E-state index contributed by atoms with van der Waals surface area (Å²) in [7, 11) is 0. The van der Waals surface area contributed by atoms with Crippen LogP contribution in [0.15, 0.2) is 40.9 Å². The predicted molar refractivity (Wildman–Crippen MR) is 93.8 cm³/mol. The number of likely N-dealkylation sites (tertiary alicyclic amines) is 1. The van der Waals surface area contributed by atoms with E-state index in [4.69, 9.17) is 9.26 Å². The third-order valence-corrected chi connectivity index (χ3v) is 5.05. The number of carbonyl (C=O) groups is 2. The second kappa shape index (κ2) is 7.32. The molecule has 1 amide bonds. The van der Waals surface area contributed by atoms with Gasteiger partial charge >= 0.3 is 5.97 Å². The summed E-state index contributed by atoms with van der Waals surface area (Å²) in [5.74, 6) is 0.799. The number of piperidine rings is 1. The molecule has 0 radical (unpaired) electrons. The number of esters is 1. The number of aromatic nitrogens is 1. The summed E-state index contributed by atoms with van der Waals surface area (Å²) in [6.07, 6.45) is 3.38. The van der Waals surface area contributed by atoms with Crippen LogP contribution in [0.25, 0.3) is 11.3 Å². The van der Waals surface area contributed by atoms with Gasteiger partial charge in [-0.25, -0.2) is 0 Å². The maximum atomic E-state index is 12.3. The molecule has 4 rings (SSSR count). The number of carbonyl (C=O) groups excluding carboxylic acids is 2. The second-order valence-corrected chi connectivity index (χ2v) is 7.03. The van der Waals surface area contributed by atoms with Gasteiger partial charge in [0.15, 0.2) is 5.76 Å². The molecular formula is C20H22N2O4. The van der Waals surface area contributed by atoms with E-state index in [0.29, 0.717) is 37.4 Å². The quantitative estimate of drug-likeness (QED) is 0.772. The lowest BCUT2D eigenvalue weighted by molar-refractivity contribution is -0.153. The monoisotopic (exact) mass is 354 g/mol. The number of hydrogen-bond donors (Lipinski definition) is 0. The molecule has 0 unspecified atom stereocenters. The lowest BCUT2D eigenvalue weighted by Gasteiger charge is -2.31. The third-order valence-electron chi connectivity index (χ3n) is 5.05. The highest BCUT2D eigenvalue weighted by atomic mass is 16.5. The average molecular weight is 354 g/mol. The fourth-order valence-electron chi connectivity index (χ4n) is 3.31. The number of benzene rings is 1. The van der Waals surface area contributed by atoms with E-state index in [-0.39, 0.29) is 30.3 Å². The first kappa shape index (κ1) is 16.8. The van der Waals surface area contributed by atoms with Gasteiger partial charge in [0.05, 0.1) is 5.92 Å². The molecule has 1 aliphatic carbocycles. The highest BCUT2D eigenvalue weighted by Crippen LogP contribution is 2.32. The van der Waals surface area contributed by atoms with Crippen molar-refractivity contribution >= 4 is 11.9 Å². The molecule has 2 fully saturated rings. The molecule has 0 atom stereocenters. The maximum absolute atomic E-state index is 12.3. The van der Waals surface area contributed by atoms with Crippen molar-refractivity contribution in [3.63, 3.8) is 0 Å². The summed E-state index contributed by atoms with van der Waals surface area (Å²) >= 11 is 0. The number of hydrogen-bond acceptors (Lipinski definition) is 5. The minimum atomic E-state index is -0.215. The molecule has 6 heteroatoms. The molecule has 1 aromatic heterocycles. The zero-order valence-electron chi connectivity index (χ0n) is 14.6. The first-order valence-corrected chi connectivity index (χ1v) is 9.17. The molecule has 0 bridgehead atoms. The molecule has 0 spiro atoms. The normalized spacial score (nSPS) is 17.9. The first-order valence-electron chi connectivity index (χ1n) is 9.17. The number of rotatable bonds is 5. The van der Waals surface area contributed by atoms with Crippen LogP contribution in [0, 0.1) is 11.8 Å². The Morgan fingerprint density at radius 1 is 1.08 bits per heavy atom. The minimum Gasteiger partial charge on any atom is -0.459 e. The second-order valence-electron chi connectivity index (χ2n) is 7.03. The van der Waals surface area contributed by atoms with Crippen molar-refractivity contribution in [3.8, 4) is 11.3 Å². The largest absolute Gasteiger partial charge is 0.459 e. The minimum absolute atomic E-state index is 0.108. The Bertz CT molecular complexity index is 774. The predicted octanol–water partition coefficient (Wildman–Crippen LogP) is 3.03. The van der Waals surface area contributed by atoms with Crippen LogP contribution in [-0.4, -0.2) is 35.0 Å². The summed E-state index contributed by atoms with van der Waals surface area (Å²) in [5, 5.41) is 3.97. The summed E-state index contributed by atoms with van der Waals surface area (Å²) in [4.78, 5) is 26.2. The Balaban J connectivity index is 1.25. The summed E-state index contributed by atoms with van der Waals surface area (Å²) in [5.41, 5.74) is 1.53. The van der Waals surface area contributed by atoms with E-state index in [9.17, 15) is 9.59 Å². The van der Waals surface area contributed by atoms with E-state index in [1.165, 1.54) is 0 Å². The molecule has 1 saturated carbocycles. The zero-order chi connectivity index (χ0) is 17.9. The molecule has 136 valence electrons. The van der Waals surface area contributed by atoms with Gasteiger partial charge in [-0.05, 0) is 25.7 Å². The van der Waals surface area contributed by atoms with Crippen molar-refractivity contribution in [2.45, 2.75) is 32.3 Å². The van der Waals surface area contributed by atoms with Crippen LogP contribution in [0.4, 0.5) is 0 Å². The van der Waals surface area contributed by atoms with Crippen molar-refractivity contribution in [1.82, 2.24) is 10.1 Å².